The fourth-order valence-corrected chi connectivity index (χ4v) is 3.66. The molecule has 2 nitrogen and oxygen atoms in total. The van der Waals surface area contributed by atoms with Gasteiger partial charge in [-0.3, -0.25) is 0 Å². The molecule has 0 unspecified atom stereocenters. The van der Waals surface area contributed by atoms with Crippen LogP contribution in [0.1, 0.15) is 75.2 Å². The van der Waals surface area contributed by atoms with Crippen molar-refractivity contribution in [2.24, 2.45) is 0 Å². The van der Waals surface area contributed by atoms with Crippen LogP contribution < -0.4 is 0 Å². The molecule has 0 saturated heterocycles. The average molecular weight is 508 g/mol. The first-order chi connectivity index (χ1) is 16.4. The third kappa shape index (κ3) is 7.52. The van der Waals surface area contributed by atoms with E-state index in [-0.39, 0.29) is 22.0 Å². The van der Waals surface area contributed by atoms with E-state index in [4.69, 9.17) is 0 Å². The van der Waals surface area contributed by atoms with Gasteiger partial charge in [-0.05, 0) is 41.0 Å². The molecule has 0 bridgehead atoms. The highest BCUT2D eigenvalue weighted by Gasteiger charge is 2.32. The van der Waals surface area contributed by atoms with E-state index >= 15 is 0 Å². The number of halogens is 6. The van der Waals surface area contributed by atoms with Gasteiger partial charge in [0.1, 0.15) is 7.85 Å². The SMILES string of the molecule is BC=C(c1cccc(C(F)(F)F)c1)c1cccc(C(F)(F)F)c1.CC(C)(C)c1nc[nH]c1C(C)(C)C. The lowest BCUT2D eigenvalue weighted by Gasteiger charge is -2.24. The Morgan fingerprint density at radius 3 is 1.50 bits per heavy atom. The van der Waals surface area contributed by atoms with Crippen LogP contribution in [0.25, 0.3) is 5.57 Å². The van der Waals surface area contributed by atoms with E-state index < -0.39 is 23.5 Å². The number of aromatic amines is 1. The zero-order chi connectivity index (χ0) is 27.5. The highest BCUT2D eigenvalue weighted by molar-refractivity contribution is 6.21. The zero-order valence-electron chi connectivity index (χ0n) is 21.5. The highest BCUT2D eigenvalue weighted by Crippen LogP contribution is 2.35. The van der Waals surface area contributed by atoms with Crippen molar-refractivity contribution in [1.29, 1.82) is 0 Å². The fraction of sp³-hybridized carbons (Fsp3) is 0.370. The zero-order valence-corrected chi connectivity index (χ0v) is 21.5. The summed E-state index contributed by atoms with van der Waals surface area (Å²) in [7, 11) is 1.57. The van der Waals surface area contributed by atoms with Gasteiger partial charge in [0.15, 0.2) is 0 Å². The minimum atomic E-state index is -4.51. The number of alkyl halides is 6. The summed E-state index contributed by atoms with van der Waals surface area (Å²) in [5.74, 6) is 1.49. The van der Waals surface area contributed by atoms with Gasteiger partial charge in [0, 0.05) is 16.5 Å². The van der Waals surface area contributed by atoms with Crippen LogP contribution in [0.5, 0.6) is 0 Å². The Balaban J connectivity index is 0.000000297. The van der Waals surface area contributed by atoms with Crippen molar-refractivity contribution < 1.29 is 26.3 Å². The van der Waals surface area contributed by atoms with E-state index in [9.17, 15) is 26.3 Å². The molecule has 3 rings (SSSR count). The van der Waals surface area contributed by atoms with Crippen LogP contribution >= 0.6 is 0 Å². The lowest BCUT2D eigenvalue weighted by Crippen LogP contribution is -2.21. The minimum Gasteiger partial charge on any atom is -0.348 e. The molecule has 2 aromatic carbocycles. The lowest BCUT2D eigenvalue weighted by molar-refractivity contribution is -0.138. The maximum Gasteiger partial charge on any atom is 0.416 e. The second-order valence-corrected chi connectivity index (χ2v) is 10.5. The van der Waals surface area contributed by atoms with Crippen molar-refractivity contribution in [2.45, 2.75) is 64.7 Å². The summed E-state index contributed by atoms with van der Waals surface area (Å²) in [4.78, 5) is 7.64. The number of H-pyrrole nitrogens is 1. The van der Waals surface area contributed by atoms with Gasteiger partial charge in [-0.15, -0.1) is 5.98 Å². The molecule has 0 spiro atoms. The van der Waals surface area contributed by atoms with Gasteiger partial charge in [-0.1, -0.05) is 65.8 Å². The van der Waals surface area contributed by atoms with Gasteiger partial charge in [-0.2, -0.15) is 26.3 Å². The van der Waals surface area contributed by atoms with Gasteiger partial charge in [0.05, 0.1) is 23.1 Å². The fourth-order valence-electron chi connectivity index (χ4n) is 3.66. The molecule has 0 aliphatic heterocycles. The molecule has 9 heteroatoms. The smallest absolute Gasteiger partial charge is 0.348 e. The van der Waals surface area contributed by atoms with Crippen LogP contribution in [0.2, 0.25) is 0 Å². The van der Waals surface area contributed by atoms with Crippen molar-refractivity contribution in [3.8, 4) is 0 Å². The topological polar surface area (TPSA) is 28.7 Å². The van der Waals surface area contributed by atoms with Crippen molar-refractivity contribution in [3.05, 3.63) is 94.5 Å². The monoisotopic (exact) mass is 508 g/mol. The predicted octanol–water partition coefficient (Wildman–Crippen LogP) is 7.75. The molecule has 1 N–H and O–H groups in total. The normalized spacial score (nSPS) is 12.6. The van der Waals surface area contributed by atoms with E-state index in [1.54, 1.807) is 14.2 Å². The molecule has 0 aliphatic rings. The Labute approximate surface area is 209 Å². The van der Waals surface area contributed by atoms with E-state index in [1.165, 1.54) is 41.6 Å². The molecule has 0 atom stereocenters. The van der Waals surface area contributed by atoms with Gasteiger partial charge >= 0.3 is 12.4 Å². The van der Waals surface area contributed by atoms with Gasteiger partial charge < -0.3 is 4.98 Å². The van der Waals surface area contributed by atoms with Crippen LogP contribution in [-0.4, -0.2) is 17.8 Å². The highest BCUT2D eigenvalue weighted by atomic mass is 19.4. The predicted molar refractivity (Wildman–Crippen MR) is 134 cm³/mol. The second-order valence-electron chi connectivity index (χ2n) is 10.5. The van der Waals surface area contributed by atoms with Crippen molar-refractivity contribution in [2.75, 3.05) is 0 Å². The van der Waals surface area contributed by atoms with E-state index in [0.29, 0.717) is 5.57 Å². The molecule has 1 aromatic heterocycles. The van der Waals surface area contributed by atoms with E-state index in [1.807, 2.05) is 0 Å². The summed E-state index contributed by atoms with van der Waals surface area (Å²) in [5.41, 5.74) is 1.75. The van der Waals surface area contributed by atoms with Gasteiger partial charge in [-0.25, -0.2) is 4.98 Å². The molecule has 1 heterocycles. The first-order valence-electron chi connectivity index (χ1n) is 11.4. The Morgan fingerprint density at radius 1 is 0.750 bits per heavy atom. The van der Waals surface area contributed by atoms with Crippen LogP contribution in [0.4, 0.5) is 26.3 Å². The summed E-state index contributed by atoms with van der Waals surface area (Å²) >= 11 is 0. The van der Waals surface area contributed by atoms with Crippen LogP contribution in [-0.2, 0) is 23.2 Å². The second kappa shape index (κ2) is 10.6. The molecule has 3 aromatic rings. The number of rotatable bonds is 2. The van der Waals surface area contributed by atoms with Gasteiger partial charge in [0.25, 0.3) is 0 Å². The minimum absolute atomic E-state index is 0.128. The standard InChI is InChI=1S/C16H11BF6.C11H20N2/c17-9-14(10-3-1-5-12(7-10)15(18,19)20)11-4-2-6-13(8-11)16(21,22)23;1-10(2,3)8-9(11(4,5)6)13-7-12-8/h1-9H,17H2;7H,1-6H3,(H,12,13). The quantitative estimate of drug-likeness (QED) is 0.278. The van der Waals surface area contributed by atoms with Crippen molar-refractivity contribution >= 4 is 13.4 Å². The molecule has 0 saturated carbocycles. The number of hydrogen-bond donors (Lipinski definition) is 1. The maximum atomic E-state index is 12.8. The Hall–Kier alpha value is -2.97. The molecular weight excluding hydrogens is 477 g/mol. The summed E-state index contributed by atoms with van der Waals surface area (Å²) in [6.07, 6.45) is -7.23. The molecule has 0 fully saturated rings. The van der Waals surface area contributed by atoms with Gasteiger partial charge in [0.2, 0.25) is 0 Å². The number of benzene rings is 2. The Kier molecular flexibility index (Phi) is 8.59. The van der Waals surface area contributed by atoms with E-state index in [0.717, 1.165) is 24.3 Å². The lowest BCUT2D eigenvalue weighted by atomic mass is 9.82. The molecule has 0 aliphatic carbocycles. The molecule has 0 amide bonds. The Morgan fingerprint density at radius 2 is 1.19 bits per heavy atom. The number of imidazole rings is 1. The molecule has 36 heavy (non-hydrogen) atoms. The first-order valence-corrected chi connectivity index (χ1v) is 11.4. The molecular formula is C27H31BF6N2. The molecule has 194 valence electrons. The average Bonchev–Trinajstić information content (AvgIpc) is 3.26. The Bertz CT molecular complexity index is 1100. The summed E-state index contributed by atoms with van der Waals surface area (Å²) < 4.78 is 76.7. The van der Waals surface area contributed by atoms with Crippen LogP contribution in [0.3, 0.4) is 0 Å². The number of nitrogens with one attached hydrogen (secondary N) is 1. The van der Waals surface area contributed by atoms with Crippen LogP contribution in [0, 0.1) is 0 Å². The number of aromatic nitrogens is 2. The number of hydrogen-bond acceptors (Lipinski definition) is 1. The van der Waals surface area contributed by atoms with Crippen LogP contribution in [0.15, 0.2) is 60.8 Å². The third-order valence-electron chi connectivity index (χ3n) is 5.39. The largest absolute Gasteiger partial charge is 0.416 e. The summed E-state index contributed by atoms with van der Waals surface area (Å²) in [5, 5.41) is 0. The van der Waals surface area contributed by atoms with E-state index in [2.05, 4.69) is 51.5 Å². The summed E-state index contributed by atoms with van der Waals surface area (Å²) in [6, 6.07) is 9.03. The summed E-state index contributed by atoms with van der Waals surface area (Å²) in [6.45, 7) is 13.2. The molecule has 0 radical (unpaired) electrons. The third-order valence-corrected chi connectivity index (χ3v) is 5.39. The maximum absolute atomic E-state index is 12.8. The van der Waals surface area contributed by atoms with Crippen molar-refractivity contribution in [3.63, 3.8) is 0 Å². The number of nitrogens with zero attached hydrogens (tertiary/aromatic N) is 1. The van der Waals surface area contributed by atoms with Crippen molar-refractivity contribution in [1.82, 2.24) is 9.97 Å². The first kappa shape index (κ1) is 29.3.